The first kappa shape index (κ1) is 15.9. The Bertz CT molecular complexity index is 842. The molecule has 1 aliphatic heterocycles. The summed E-state index contributed by atoms with van der Waals surface area (Å²) in [6, 6.07) is 3.66. The fraction of sp³-hybridized carbons (Fsp3) is 0.333. The fourth-order valence-corrected chi connectivity index (χ4v) is 2.66. The second-order valence-electron chi connectivity index (χ2n) is 5.14. The first-order chi connectivity index (χ1) is 11.6. The van der Waals surface area contributed by atoms with Gasteiger partial charge < -0.3 is 19.1 Å². The molecule has 1 aromatic heterocycles. The van der Waals surface area contributed by atoms with Crippen LogP contribution in [0.1, 0.15) is 5.56 Å². The Labute approximate surface area is 137 Å². The lowest BCUT2D eigenvalue weighted by molar-refractivity contribution is -0.140. The molecule has 1 aliphatic rings. The minimum Gasteiger partial charge on any atom is -0.466 e. The van der Waals surface area contributed by atoms with Crippen molar-refractivity contribution in [3.8, 4) is 0 Å². The number of rotatable bonds is 3. The van der Waals surface area contributed by atoms with E-state index in [0.29, 0.717) is 16.7 Å². The van der Waals surface area contributed by atoms with Gasteiger partial charge >= 0.3 is 11.9 Å². The van der Waals surface area contributed by atoms with Gasteiger partial charge in [0, 0.05) is 0 Å². The zero-order valence-electron chi connectivity index (χ0n) is 13.5. The van der Waals surface area contributed by atoms with E-state index < -0.39 is 11.9 Å². The van der Waals surface area contributed by atoms with E-state index >= 15 is 0 Å². The van der Waals surface area contributed by atoms with Gasteiger partial charge in [-0.2, -0.15) is 15.4 Å². The standard InChI is InChI=1S/C15H16N4O5/c1-8-4-5-10-11(17-18-16-10)12(8)19-7-24-6-9(14(20)22-2)13(19)15(21)23-3/h4-5H,6-7H2,1-3H3,(H,16,17,18). The van der Waals surface area contributed by atoms with Crippen molar-refractivity contribution in [3.05, 3.63) is 29.0 Å². The maximum absolute atomic E-state index is 12.3. The number of aromatic amines is 1. The van der Waals surface area contributed by atoms with Crippen molar-refractivity contribution in [2.24, 2.45) is 0 Å². The predicted molar refractivity (Wildman–Crippen MR) is 83.0 cm³/mol. The second-order valence-corrected chi connectivity index (χ2v) is 5.14. The molecule has 0 unspecified atom stereocenters. The van der Waals surface area contributed by atoms with Crippen LogP contribution in [0, 0.1) is 6.92 Å². The highest BCUT2D eigenvalue weighted by Crippen LogP contribution is 2.33. The highest BCUT2D eigenvalue weighted by molar-refractivity contribution is 6.05. The number of nitrogens with zero attached hydrogens (tertiary/aromatic N) is 3. The third-order valence-corrected chi connectivity index (χ3v) is 3.77. The number of esters is 2. The van der Waals surface area contributed by atoms with Gasteiger partial charge in [-0.15, -0.1) is 0 Å². The lowest BCUT2D eigenvalue weighted by Gasteiger charge is -2.32. The number of aromatic nitrogens is 3. The number of benzene rings is 1. The molecule has 9 nitrogen and oxygen atoms in total. The van der Waals surface area contributed by atoms with Gasteiger partial charge in [0.15, 0.2) is 0 Å². The quantitative estimate of drug-likeness (QED) is 0.817. The van der Waals surface area contributed by atoms with Crippen molar-refractivity contribution in [1.29, 1.82) is 0 Å². The summed E-state index contributed by atoms with van der Waals surface area (Å²) in [6.45, 7) is 1.89. The molecule has 0 saturated heterocycles. The Morgan fingerprint density at radius 2 is 1.96 bits per heavy atom. The van der Waals surface area contributed by atoms with E-state index in [2.05, 4.69) is 15.4 Å². The molecule has 1 aromatic carbocycles. The third kappa shape index (κ3) is 2.48. The number of ether oxygens (including phenoxy) is 3. The van der Waals surface area contributed by atoms with Crippen LogP contribution in [-0.4, -0.2) is 54.9 Å². The average Bonchev–Trinajstić information content (AvgIpc) is 3.08. The molecule has 2 aromatic rings. The largest absolute Gasteiger partial charge is 0.466 e. The monoisotopic (exact) mass is 332 g/mol. The average molecular weight is 332 g/mol. The number of aryl methyl sites for hydroxylation is 1. The fourth-order valence-electron chi connectivity index (χ4n) is 2.66. The molecule has 0 radical (unpaired) electrons. The van der Waals surface area contributed by atoms with E-state index in [1.807, 2.05) is 19.1 Å². The number of hydrogen-bond donors (Lipinski definition) is 1. The molecule has 24 heavy (non-hydrogen) atoms. The SMILES string of the molecule is COC(=O)C1=C(C(=O)OC)N(c2c(C)ccc3n[nH]nc23)COC1. The summed E-state index contributed by atoms with van der Waals surface area (Å²) in [7, 11) is 2.49. The van der Waals surface area contributed by atoms with Gasteiger partial charge in [-0.25, -0.2) is 9.59 Å². The van der Waals surface area contributed by atoms with Crippen molar-refractivity contribution in [1.82, 2.24) is 15.4 Å². The number of methoxy groups -OCH3 is 2. The summed E-state index contributed by atoms with van der Waals surface area (Å²) >= 11 is 0. The molecule has 9 heteroatoms. The zero-order chi connectivity index (χ0) is 17.3. The van der Waals surface area contributed by atoms with Crippen LogP contribution >= 0.6 is 0 Å². The smallest absolute Gasteiger partial charge is 0.355 e. The van der Waals surface area contributed by atoms with Crippen LogP contribution in [0.2, 0.25) is 0 Å². The molecule has 0 atom stereocenters. The summed E-state index contributed by atoms with van der Waals surface area (Å²) in [5, 5.41) is 10.7. The molecule has 0 amide bonds. The van der Waals surface area contributed by atoms with Crippen LogP contribution in [0.25, 0.3) is 11.0 Å². The lowest BCUT2D eigenvalue weighted by atomic mass is 10.1. The normalized spacial score (nSPS) is 14.9. The van der Waals surface area contributed by atoms with Crippen LogP contribution in [-0.2, 0) is 23.8 Å². The van der Waals surface area contributed by atoms with Gasteiger partial charge in [-0.1, -0.05) is 6.07 Å². The number of hydrogen-bond acceptors (Lipinski definition) is 8. The van der Waals surface area contributed by atoms with E-state index in [-0.39, 0.29) is 24.6 Å². The van der Waals surface area contributed by atoms with Crippen molar-refractivity contribution in [3.63, 3.8) is 0 Å². The van der Waals surface area contributed by atoms with Gasteiger partial charge in [-0.05, 0) is 18.6 Å². The minimum atomic E-state index is -0.654. The molecule has 0 fully saturated rings. The molecular weight excluding hydrogens is 316 g/mol. The number of nitrogens with one attached hydrogen (secondary N) is 1. The number of carbonyl (C=O) groups is 2. The molecule has 0 bridgehead atoms. The van der Waals surface area contributed by atoms with Gasteiger partial charge in [0.25, 0.3) is 0 Å². The molecule has 1 N–H and O–H groups in total. The summed E-state index contributed by atoms with van der Waals surface area (Å²) in [4.78, 5) is 25.9. The summed E-state index contributed by atoms with van der Waals surface area (Å²) < 4.78 is 15.1. The summed E-state index contributed by atoms with van der Waals surface area (Å²) in [6.07, 6.45) is 0. The Hall–Kier alpha value is -2.94. The highest BCUT2D eigenvalue weighted by atomic mass is 16.5. The van der Waals surface area contributed by atoms with Crippen molar-refractivity contribution < 1.29 is 23.8 Å². The van der Waals surface area contributed by atoms with E-state index in [0.717, 1.165) is 5.56 Å². The summed E-state index contributed by atoms with van der Waals surface area (Å²) in [5.41, 5.74) is 2.82. The number of H-pyrrole nitrogens is 1. The topological polar surface area (TPSA) is 107 Å². The van der Waals surface area contributed by atoms with Crippen LogP contribution in [0.4, 0.5) is 5.69 Å². The Morgan fingerprint density at radius 3 is 2.67 bits per heavy atom. The first-order valence-corrected chi connectivity index (χ1v) is 7.13. The Kier molecular flexibility index (Phi) is 4.17. The molecule has 0 saturated carbocycles. The maximum Gasteiger partial charge on any atom is 0.355 e. The zero-order valence-corrected chi connectivity index (χ0v) is 13.5. The van der Waals surface area contributed by atoms with Crippen LogP contribution in [0.15, 0.2) is 23.4 Å². The Morgan fingerprint density at radius 1 is 1.21 bits per heavy atom. The molecule has 0 spiro atoms. The van der Waals surface area contributed by atoms with Crippen molar-refractivity contribution in [2.75, 3.05) is 32.5 Å². The third-order valence-electron chi connectivity index (χ3n) is 3.77. The van der Waals surface area contributed by atoms with Gasteiger partial charge in [0.05, 0.1) is 32.1 Å². The van der Waals surface area contributed by atoms with Crippen LogP contribution in [0.5, 0.6) is 0 Å². The van der Waals surface area contributed by atoms with Crippen LogP contribution < -0.4 is 4.90 Å². The van der Waals surface area contributed by atoms with Crippen molar-refractivity contribution in [2.45, 2.75) is 6.92 Å². The maximum atomic E-state index is 12.3. The minimum absolute atomic E-state index is 0.0402. The number of anilines is 1. The molecule has 0 aliphatic carbocycles. The molecular formula is C15H16N4O5. The Balaban J connectivity index is 2.24. The van der Waals surface area contributed by atoms with Gasteiger partial charge in [-0.3, -0.25) is 0 Å². The number of fused-ring (bicyclic) bond motifs is 1. The molecule has 3 rings (SSSR count). The van der Waals surface area contributed by atoms with Gasteiger partial charge in [0.2, 0.25) is 0 Å². The predicted octanol–water partition coefficient (Wildman–Crippen LogP) is 0.661. The lowest BCUT2D eigenvalue weighted by Crippen LogP contribution is -2.39. The van der Waals surface area contributed by atoms with E-state index in [9.17, 15) is 9.59 Å². The number of carbonyl (C=O) groups excluding carboxylic acids is 2. The molecule has 126 valence electrons. The van der Waals surface area contributed by atoms with E-state index in [1.165, 1.54) is 14.2 Å². The second kappa shape index (κ2) is 6.28. The van der Waals surface area contributed by atoms with E-state index in [4.69, 9.17) is 14.2 Å². The van der Waals surface area contributed by atoms with E-state index in [1.54, 1.807) is 4.90 Å². The van der Waals surface area contributed by atoms with Crippen molar-refractivity contribution >= 4 is 28.7 Å². The van der Waals surface area contributed by atoms with Crippen LogP contribution in [0.3, 0.4) is 0 Å². The highest BCUT2D eigenvalue weighted by Gasteiger charge is 2.34. The summed E-state index contributed by atoms with van der Waals surface area (Å²) in [5.74, 6) is -1.30. The molecule has 2 heterocycles. The van der Waals surface area contributed by atoms with Gasteiger partial charge in [0.1, 0.15) is 23.5 Å². The first-order valence-electron chi connectivity index (χ1n) is 7.13.